The van der Waals surface area contributed by atoms with E-state index in [-0.39, 0.29) is 65.3 Å². The van der Waals surface area contributed by atoms with E-state index in [0.717, 1.165) is 32.9 Å². The molecule has 0 N–H and O–H groups in total. The Balaban J connectivity index is 1.33. The topological polar surface area (TPSA) is 228 Å². The molecule has 17 nitrogen and oxygen atoms in total. The number of aromatic nitrogens is 1. The lowest BCUT2D eigenvalue weighted by Gasteiger charge is -2.29. The zero-order chi connectivity index (χ0) is 41.4. The minimum Gasteiger partial charge on any atom is -0.337 e. The summed E-state index contributed by atoms with van der Waals surface area (Å²) in [4.78, 5) is 68.9. The van der Waals surface area contributed by atoms with Crippen molar-refractivity contribution in [1.29, 1.82) is 0 Å². The molecule has 0 unspecified atom stereocenters. The highest BCUT2D eigenvalue weighted by molar-refractivity contribution is 7.89. The molecule has 0 saturated heterocycles. The summed E-state index contributed by atoms with van der Waals surface area (Å²) in [6.45, 7) is -2.19. The average molecular weight is 825 g/mol. The van der Waals surface area contributed by atoms with Gasteiger partial charge in [-0.15, -0.1) is 0 Å². The summed E-state index contributed by atoms with van der Waals surface area (Å²) in [5.74, 6) is -1.83. The van der Waals surface area contributed by atoms with E-state index >= 15 is 0 Å². The lowest BCUT2D eigenvalue weighted by molar-refractivity contribution is -0.388. The average Bonchev–Trinajstić information content (AvgIpc) is 3.23. The van der Waals surface area contributed by atoms with Crippen LogP contribution >= 0.6 is 0 Å². The number of nitro benzene ring substituents is 2. The molecule has 58 heavy (non-hydrogen) atoms. The van der Waals surface area contributed by atoms with Crippen LogP contribution in [0.4, 0.5) is 11.4 Å². The van der Waals surface area contributed by atoms with Crippen molar-refractivity contribution in [3.63, 3.8) is 0 Å². The number of nitrogens with zero attached hydrogens (tertiary/aromatic N) is 6. The van der Waals surface area contributed by atoms with Gasteiger partial charge in [0.15, 0.2) is 21.4 Å². The van der Waals surface area contributed by atoms with Crippen molar-refractivity contribution in [1.82, 2.24) is 18.5 Å². The summed E-state index contributed by atoms with van der Waals surface area (Å²) >= 11 is 0. The highest BCUT2D eigenvalue weighted by atomic mass is 32.2. The number of benzene rings is 4. The second kappa shape index (κ2) is 15.8. The van der Waals surface area contributed by atoms with E-state index < -0.39 is 88.2 Å². The van der Waals surface area contributed by atoms with Crippen LogP contribution in [0.15, 0.2) is 119 Å². The number of ketones is 2. The van der Waals surface area contributed by atoms with Crippen LogP contribution < -0.4 is 0 Å². The van der Waals surface area contributed by atoms with Gasteiger partial charge in [-0.25, -0.2) is 16.8 Å². The fourth-order valence-electron chi connectivity index (χ4n) is 7.04. The van der Waals surface area contributed by atoms with Gasteiger partial charge in [0.1, 0.15) is 0 Å². The minimum absolute atomic E-state index is 0.00643. The van der Waals surface area contributed by atoms with Crippen molar-refractivity contribution in [2.45, 2.75) is 29.3 Å². The van der Waals surface area contributed by atoms with Crippen LogP contribution in [-0.4, -0.2) is 88.8 Å². The Morgan fingerprint density at radius 2 is 1.05 bits per heavy atom. The number of amides is 1. The Kier molecular flexibility index (Phi) is 10.8. The predicted octanol–water partition coefficient (Wildman–Crippen LogP) is 4.60. The lowest BCUT2D eigenvalue weighted by Crippen LogP contribution is -2.42. The standard InChI is InChI=1S/C39H32N6O11S2/c46-37-28-12-1-2-13-29(28)38(47)36-30(37)14-8-15-31(36)39(48)41-20-9-21-42(57(53,54)34-18-5-3-16-32(34)44(49)50)24-26-10-7-11-27(40-26)25-43(23-22-41)58(55,56)35-19-6-4-17-33(35)45(51)52/h1-8,10-19H,9,20-25H2. The number of sulfonamides is 2. The van der Waals surface area contributed by atoms with E-state index in [2.05, 4.69) is 4.98 Å². The molecule has 1 amide bonds. The third-order valence-electron chi connectivity index (χ3n) is 9.83. The van der Waals surface area contributed by atoms with Gasteiger partial charge in [0.2, 0.25) is 20.0 Å². The Labute approximate surface area is 331 Å². The molecule has 4 aromatic carbocycles. The van der Waals surface area contributed by atoms with Gasteiger partial charge in [-0.2, -0.15) is 8.61 Å². The molecule has 2 aliphatic rings. The van der Waals surface area contributed by atoms with Crippen molar-refractivity contribution in [3.8, 4) is 0 Å². The van der Waals surface area contributed by atoms with Crippen LogP contribution in [0, 0.1) is 20.2 Å². The number of rotatable bonds is 7. The number of carbonyl (C=O) groups is 3. The number of fused-ring (bicyclic) bond motifs is 4. The quantitative estimate of drug-likeness (QED) is 0.159. The van der Waals surface area contributed by atoms with Gasteiger partial charge in [-0.1, -0.05) is 66.7 Å². The fourth-order valence-corrected chi connectivity index (χ4v) is 10.2. The molecule has 0 radical (unpaired) electrons. The monoisotopic (exact) mass is 824 g/mol. The van der Waals surface area contributed by atoms with Crippen molar-refractivity contribution >= 4 is 48.9 Å². The first-order chi connectivity index (χ1) is 27.7. The molecule has 296 valence electrons. The molecular formula is C39H32N6O11S2. The van der Waals surface area contributed by atoms with Crippen molar-refractivity contribution in [3.05, 3.63) is 169 Å². The molecule has 1 aromatic heterocycles. The van der Waals surface area contributed by atoms with E-state index in [1.165, 1.54) is 77.7 Å². The Hall–Kier alpha value is -6.54. The number of nitro groups is 2. The van der Waals surface area contributed by atoms with Gasteiger partial charge in [0.25, 0.3) is 17.3 Å². The maximum absolute atomic E-state index is 14.6. The number of hydrogen-bond acceptors (Lipinski definition) is 12. The Bertz CT molecular complexity index is 2760. The summed E-state index contributed by atoms with van der Waals surface area (Å²) in [7, 11) is -9.28. The second-order valence-electron chi connectivity index (χ2n) is 13.3. The van der Waals surface area contributed by atoms with Gasteiger partial charge >= 0.3 is 0 Å². The van der Waals surface area contributed by atoms with E-state index in [1.54, 1.807) is 12.1 Å². The predicted molar refractivity (Wildman–Crippen MR) is 206 cm³/mol. The molecule has 0 spiro atoms. The summed E-state index contributed by atoms with van der Waals surface area (Å²) < 4.78 is 58.9. The Morgan fingerprint density at radius 3 is 1.62 bits per heavy atom. The molecular weight excluding hydrogens is 793 g/mol. The van der Waals surface area contributed by atoms with Crippen LogP contribution in [0.5, 0.6) is 0 Å². The number of para-hydroxylation sites is 2. The molecule has 1 aliphatic carbocycles. The van der Waals surface area contributed by atoms with Crippen molar-refractivity contribution < 1.29 is 41.1 Å². The Morgan fingerprint density at radius 1 is 0.569 bits per heavy atom. The third kappa shape index (κ3) is 7.38. The molecule has 0 atom stereocenters. The highest BCUT2D eigenvalue weighted by Gasteiger charge is 2.37. The van der Waals surface area contributed by atoms with E-state index in [0.29, 0.717) is 0 Å². The van der Waals surface area contributed by atoms with E-state index in [9.17, 15) is 51.4 Å². The van der Waals surface area contributed by atoms with Crippen LogP contribution in [0.2, 0.25) is 0 Å². The van der Waals surface area contributed by atoms with Gasteiger partial charge in [0.05, 0.1) is 39.9 Å². The van der Waals surface area contributed by atoms with Gasteiger partial charge in [-0.3, -0.25) is 39.6 Å². The maximum Gasteiger partial charge on any atom is 0.289 e. The van der Waals surface area contributed by atoms with Gasteiger partial charge in [0, 0.05) is 60.6 Å². The molecule has 0 fully saturated rings. The zero-order valence-corrected chi connectivity index (χ0v) is 32.0. The molecule has 19 heteroatoms. The van der Waals surface area contributed by atoms with E-state index in [1.807, 2.05) is 0 Å². The molecule has 2 bridgehead atoms. The molecule has 0 saturated carbocycles. The van der Waals surface area contributed by atoms with Crippen LogP contribution in [0.25, 0.3) is 0 Å². The van der Waals surface area contributed by atoms with Gasteiger partial charge in [-0.05, 0) is 36.8 Å². The normalized spacial score (nSPS) is 15.6. The number of carbonyl (C=O) groups excluding carboxylic acids is 3. The van der Waals surface area contributed by atoms with Gasteiger partial charge < -0.3 is 4.90 Å². The SMILES string of the molecule is O=C1c2ccccc2C(=O)c2c1cccc2C(=O)N1CCCN(S(=O)(=O)c2ccccc2[N+](=O)[O-])Cc2cccc(n2)CN(S(=O)(=O)c2ccccc2[N+](=O)[O-])CC1. The highest BCUT2D eigenvalue weighted by Crippen LogP contribution is 2.32. The summed E-state index contributed by atoms with van der Waals surface area (Å²) in [5.41, 5.74) is -1.10. The third-order valence-corrected chi connectivity index (χ3v) is 13.6. The second-order valence-corrected chi connectivity index (χ2v) is 17.1. The molecule has 1 aliphatic heterocycles. The van der Waals surface area contributed by atoms with Crippen LogP contribution in [0.1, 0.15) is 60.0 Å². The zero-order valence-electron chi connectivity index (χ0n) is 30.3. The summed E-state index contributed by atoms with van der Waals surface area (Å²) in [6, 6.07) is 24.5. The van der Waals surface area contributed by atoms with Crippen LogP contribution in [-0.2, 0) is 33.1 Å². The molecule has 7 rings (SSSR count). The first kappa shape index (κ1) is 39.7. The van der Waals surface area contributed by atoms with E-state index in [4.69, 9.17) is 0 Å². The van der Waals surface area contributed by atoms with Crippen molar-refractivity contribution in [2.24, 2.45) is 0 Å². The lowest BCUT2D eigenvalue weighted by atomic mass is 9.81. The van der Waals surface area contributed by atoms with Crippen LogP contribution in [0.3, 0.4) is 0 Å². The van der Waals surface area contributed by atoms with Crippen molar-refractivity contribution in [2.75, 3.05) is 26.2 Å². The molecule has 5 aromatic rings. The minimum atomic E-state index is -4.68. The fraction of sp³-hybridized carbons (Fsp3) is 0.179. The maximum atomic E-state index is 14.6. The largest absolute Gasteiger partial charge is 0.337 e. The number of hydrogen-bond donors (Lipinski definition) is 0. The summed E-state index contributed by atoms with van der Waals surface area (Å²) in [5, 5.41) is 23.9. The molecule has 2 heterocycles. The summed E-state index contributed by atoms with van der Waals surface area (Å²) in [6.07, 6.45) is -0.0903. The first-order valence-electron chi connectivity index (χ1n) is 17.7. The first-order valence-corrected chi connectivity index (χ1v) is 20.6. The smallest absolute Gasteiger partial charge is 0.289 e. The number of pyridine rings is 1.